The zero-order valence-corrected chi connectivity index (χ0v) is 17.0. The van der Waals surface area contributed by atoms with E-state index >= 15 is 0 Å². The van der Waals surface area contributed by atoms with Gasteiger partial charge in [-0.15, -0.1) is 0 Å². The second-order valence-corrected chi connectivity index (χ2v) is 7.24. The van der Waals surface area contributed by atoms with Gasteiger partial charge in [0.05, 0.1) is 7.11 Å². The van der Waals surface area contributed by atoms with Gasteiger partial charge in [-0.1, -0.05) is 25.1 Å². The largest absolute Gasteiger partial charge is 0.496 e. The van der Waals surface area contributed by atoms with Crippen LogP contribution in [-0.4, -0.2) is 24.8 Å². The van der Waals surface area contributed by atoms with Crippen LogP contribution in [0.1, 0.15) is 39.7 Å². The van der Waals surface area contributed by atoms with E-state index in [0.29, 0.717) is 17.9 Å². The molecule has 2 aromatic carbocycles. The monoisotopic (exact) mass is 385 g/mol. The Balaban J connectivity index is 2.21. The number of carbonyl (C=O) groups is 2. The van der Waals surface area contributed by atoms with Crippen molar-refractivity contribution in [1.82, 2.24) is 5.32 Å². The molecule has 6 nitrogen and oxygen atoms in total. The first-order valence-corrected chi connectivity index (χ1v) is 9.16. The highest BCUT2D eigenvalue weighted by atomic mass is 16.6. The first kappa shape index (κ1) is 21.3. The summed E-state index contributed by atoms with van der Waals surface area (Å²) in [6.45, 7) is 7.44. The molecule has 0 bridgehead atoms. The summed E-state index contributed by atoms with van der Waals surface area (Å²) in [4.78, 5) is 23.5. The van der Waals surface area contributed by atoms with Crippen LogP contribution < -0.4 is 14.8 Å². The number of nitrogens with one attached hydrogen (secondary N) is 1. The maximum Gasteiger partial charge on any atom is 0.407 e. The predicted molar refractivity (Wildman–Crippen MR) is 107 cm³/mol. The summed E-state index contributed by atoms with van der Waals surface area (Å²) in [7, 11) is 1.58. The van der Waals surface area contributed by atoms with Gasteiger partial charge in [0.1, 0.15) is 17.1 Å². The van der Waals surface area contributed by atoms with E-state index in [1.54, 1.807) is 26.2 Å². The number of alkyl carbamates (subject to hydrolysis) is 1. The minimum atomic E-state index is -0.563. The average Bonchev–Trinajstić information content (AvgIpc) is 2.65. The van der Waals surface area contributed by atoms with E-state index in [1.807, 2.05) is 51.1 Å². The van der Waals surface area contributed by atoms with Crippen molar-refractivity contribution in [2.75, 3.05) is 7.11 Å². The van der Waals surface area contributed by atoms with Gasteiger partial charge in [0.25, 0.3) is 0 Å². The fourth-order valence-electron chi connectivity index (χ4n) is 2.52. The van der Waals surface area contributed by atoms with Crippen molar-refractivity contribution in [3.63, 3.8) is 0 Å². The molecule has 0 aliphatic rings. The Labute approximate surface area is 165 Å². The van der Waals surface area contributed by atoms with Gasteiger partial charge in [-0.25, -0.2) is 4.79 Å². The Bertz CT molecular complexity index is 839. The molecule has 0 saturated heterocycles. The van der Waals surface area contributed by atoms with Crippen molar-refractivity contribution in [2.45, 2.75) is 46.3 Å². The molecule has 0 unspecified atom stereocenters. The van der Waals surface area contributed by atoms with Gasteiger partial charge in [-0.3, -0.25) is 4.79 Å². The maximum atomic E-state index is 11.9. The molecule has 150 valence electrons. The second-order valence-electron chi connectivity index (χ2n) is 7.24. The van der Waals surface area contributed by atoms with E-state index in [1.165, 1.54) is 0 Å². The lowest BCUT2D eigenvalue weighted by Gasteiger charge is -2.20. The van der Waals surface area contributed by atoms with Crippen LogP contribution in [0.4, 0.5) is 4.79 Å². The highest BCUT2D eigenvalue weighted by Crippen LogP contribution is 2.29. The zero-order valence-electron chi connectivity index (χ0n) is 17.0. The number of methoxy groups -OCH3 is 1. The van der Waals surface area contributed by atoms with E-state index < -0.39 is 11.7 Å². The number of hydrogen-bond acceptors (Lipinski definition) is 5. The summed E-state index contributed by atoms with van der Waals surface area (Å²) < 4.78 is 16.0. The molecule has 2 rings (SSSR count). The normalized spacial score (nSPS) is 10.9. The minimum Gasteiger partial charge on any atom is -0.496 e. The van der Waals surface area contributed by atoms with Crippen molar-refractivity contribution >= 4 is 12.1 Å². The van der Waals surface area contributed by atoms with Crippen molar-refractivity contribution < 1.29 is 23.8 Å². The van der Waals surface area contributed by atoms with Gasteiger partial charge in [0.2, 0.25) is 0 Å². The van der Waals surface area contributed by atoms with Crippen molar-refractivity contribution in [1.29, 1.82) is 0 Å². The third-order valence-corrected chi connectivity index (χ3v) is 3.79. The van der Waals surface area contributed by atoms with E-state index in [0.717, 1.165) is 16.7 Å². The fourth-order valence-corrected chi connectivity index (χ4v) is 2.52. The molecule has 0 saturated carbocycles. The lowest BCUT2D eigenvalue weighted by Crippen LogP contribution is -2.32. The molecule has 0 aliphatic carbocycles. The summed E-state index contributed by atoms with van der Waals surface area (Å²) in [5.74, 6) is 0.871. The Kier molecular flexibility index (Phi) is 7.04. The summed E-state index contributed by atoms with van der Waals surface area (Å²) in [5, 5.41) is 2.74. The maximum absolute atomic E-state index is 11.9. The SMILES string of the molecule is CCC(=O)Oc1cccc(-c2ccc(OC)c(CNC(=O)OC(C)(C)C)c2)c1. The van der Waals surface area contributed by atoms with Crippen LogP contribution in [0.15, 0.2) is 42.5 Å². The number of ether oxygens (including phenoxy) is 3. The number of amides is 1. The Morgan fingerprint density at radius 1 is 1.04 bits per heavy atom. The van der Waals surface area contributed by atoms with Crippen LogP contribution in [0.2, 0.25) is 0 Å². The standard InChI is InChI=1S/C22H27NO5/c1-6-20(24)27-18-9-7-8-15(13-18)16-10-11-19(26-5)17(12-16)14-23-21(25)28-22(2,3)4/h7-13H,6,14H2,1-5H3,(H,23,25). The fraction of sp³-hybridized carbons (Fsp3) is 0.364. The Hall–Kier alpha value is -3.02. The molecule has 0 spiro atoms. The number of rotatable bonds is 6. The van der Waals surface area contributed by atoms with Gasteiger partial charge < -0.3 is 19.5 Å². The predicted octanol–water partition coefficient (Wildman–Crippen LogP) is 4.70. The van der Waals surface area contributed by atoms with Crippen molar-refractivity contribution in [3.8, 4) is 22.6 Å². The molecule has 28 heavy (non-hydrogen) atoms. The van der Waals surface area contributed by atoms with E-state index in [2.05, 4.69) is 5.32 Å². The average molecular weight is 385 g/mol. The van der Waals surface area contributed by atoms with Gasteiger partial charge in [0, 0.05) is 18.5 Å². The number of benzene rings is 2. The molecule has 6 heteroatoms. The van der Waals surface area contributed by atoms with Gasteiger partial charge >= 0.3 is 12.1 Å². The third-order valence-electron chi connectivity index (χ3n) is 3.79. The lowest BCUT2D eigenvalue weighted by atomic mass is 10.0. The van der Waals surface area contributed by atoms with Gasteiger partial charge in [0.15, 0.2) is 0 Å². The van der Waals surface area contributed by atoms with Gasteiger partial charge in [-0.2, -0.15) is 0 Å². The first-order chi connectivity index (χ1) is 13.2. The topological polar surface area (TPSA) is 73.9 Å². The molecule has 0 radical (unpaired) electrons. The molecule has 0 fully saturated rings. The Morgan fingerprint density at radius 2 is 1.75 bits per heavy atom. The van der Waals surface area contributed by atoms with Crippen molar-refractivity contribution in [3.05, 3.63) is 48.0 Å². The smallest absolute Gasteiger partial charge is 0.407 e. The number of esters is 1. The van der Waals surface area contributed by atoms with Crippen LogP contribution >= 0.6 is 0 Å². The number of hydrogen-bond donors (Lipinski definition) is 1. The van der Waals surface area contributed by atoms with Crippen LogP contribution in [-0.2, 0) is 16.1 Å². The van der Waals surface area contributed by atoms with E-state index in [4.69, 9.17) is 14.2 Å². The summed E-state index contributed by atoms with van der Waals surface area (Å²) in [5.41, 5.74) is 2.05. The summed E-state index contributed by atoms with van der Waals surface area (Å²) in [6, 6.07) is 13.0. The Morgan fingerprint density at radius 3 is 2.39 bits per heavy atom. The molecule has 0 atom stereocenters. The molecule has 0 aliphatic heterocycles. The quantitative estimate of drug-likeness (QED) is 0.576. The second kappa shape index (κ2) is 9.26. The van der Waals surface area contributed by atoms with Crippen LogP contribution in [0.25, 0.3) is 11.1 Å². The van der Waals surface area contributed by atoms with Gasteiger partial charge in [-0.05, 0) is 56.2 Å². The molecular weight excluding hydrogens is 358 g/mol. The molecule has 0 aromatic heterocycles. The molecule has 2 aromatic rings. The van der Waals surface area contributed by atoms with Crippen molar-refractivity contribution in [2.24, 2.45) is 0 Å². The molecule has 1 amide bonds. The van der Waals surface area contributed by atoms with Crippen LogP contribution in [0.5, 0.6) is 11.5 Å². The zero-order chi connectivity index (χ0) is 20.7. The molecule has 1 N–H and O–H groups in total. The molecule has 0 heterocycles. The van der Waals surface area contributed by atoms with Crippen LogP contribution in [0, 0.1) is 0 Å². The first-order valence-electron chi connectivity index (χ1n) is 9.16. The van der Waals surface area contributed by atoms with E-state index in [-0.39, 0.29) is 12.5 Å². The highest BCUT2D eigenvalue weighted by molar-refractivity contribution is 5.74. The highest BCUT2D eigenvalue weighted by Gasteiger charge is 2.16. The number of carbonyl (C=O) groups excluding carboxylic acids is 2. The summed E-state index contributed by atoms with van der Waals surface area (Å²) >= 11 is 0. The van der Waals surface area contributed by atoms with E-state index in [9.17, 15) is 9.59 Å². The lowest BCUT2D eigenvalue weighted by molar-refractivity contribution is -0.134. The molecular formula is C22H27NO5. The minimum absolute atomic E-state index is 0.260. The van der Waals surface area contributed by atoms with Crippen LogP contribution in [0.3, 0.4) is 0 Å². The third kappa shape index (κ3) is 6.30. The summed E-state index contributed by atoms with van der Waals surface area (Å²) in [6.07, 6.45) is -0.179.